The molecule has 1 heterocycles. The molecule has 0 saturated carbocycles. The molecule has 1 aromatic heterocycles. The van der Waals surface area contributed by atoms with Crippen LogP contribution in [-0.4, -0.2) is 0 Å². The van der Waals surface area contributed by atoms with E-state index in [2.05, 4.69) is 15.9 Å². The van der Waals surface area contributed by atoms with Gasteiger partial charge in [0.2, 0.25) is 0 Å². The van der Waals surface area contributed by atoms with Crippen molar-refractivity contribution in [3.05, 3.63) is 21.3 Å². The van der Waals surface area contributed by atoms with Gasteiger partial charge in [-0.15, -0.1) is 0 Å². The number of halogens is 2. The molecule has 0 bridgehead atoms. The minimum Gasteiger partial charge on any atom is -0.151 e. The zero-order chi connectivity index (χ0) is 5.98. The third kappa shape index (κ3) is 1.24. The summed E-state index contributed by atoms with van der Waals surface area (Å²) in [7, 11) is 0. The topological polar surface area (TPSA) is 0 Å². The van der Waals surface area contributed by atoms with Gasteiger partial charge in [0.25, 0.3) is 0 Å². The van der Waals surface area contributed by atoms with Crippen molar-refractivity contribution < 1.29 is 0 Å². The van der Waals surface area contributed by atoms with Crippen LogP contribution in [0.1, 0.15) is 5.56 Å². The predicted octanol–water partition coefficient (Wildman–Crippen LogP) is 3.30. The lowest BCUT2D eigenvalue weighted by molar-refractivity contribution is 1.51. The predicted molar refractivity (Wildman–Crippen MR) is 42.0 cm³/mol. The summed E-state index contributed by atoms with van der Waals surface area (Å²) in [6, 6.07) is 0. The largest absolute Gasteiger partial charge is 0.151 e. The van der Waals surface area contributed by atoms with Gasteiger partial charge in [-0.05, 0) is 10.9 Å². The molecule has 0 unspecified atom stereocenters. The zero-order valence-corrected chi connectivity index (χ0v) is 7.18. The van der Waals surface area contributed by atoms with Gasteiger partial charge < -0.3 is 0 Å². The first-order valence-electron chi connectivity index (χ1n) is 2.11. The van der Waals surface area contributed by atoms with Crippen molar-refractivity contribution in [3.8, 4) is 0 Å². The lowest BCUT2D eigenvalue weighted by Crippen LogP contribution is -1.66. The average Bonchev–Trinajstić information content (AvgIpc) is 2.14. The van der Waals surface area contributed by atoms with E-state index in [-0.39, 0.29) is 0 Å². The Morgan fingerprint density at radius 1 is 1.62 bits per heavy atom. The van der Waals surface area contributed by atoms with Gasteiger partial charge in [-0.2, -0.15) is 11.3 Å². The number of alkyl halides is 1. The van der Waals surface area contributed by atoms with E-state index >= 15 is 0 Å². The second-order valence-corrected chi connectivity index (χ2v) is 3.09. The molecular formula is C5H4BrClS. The van der Waals surface area contributed by atoms with Crippen LogP contribution in [0.5, 0.6) is 0 Å². The molecule has 0 aromatic carbocycles. The summed E-state index contributed by atoms with van der Waals surface area (Å²) < 4.78 is 0. The van der Waals surface area contributed by atoms with Crippen LogP contribution in [0.15, 0.2) is 10.8 Å². The van der Waals surface area contributed by atoms with Gasteiger partial charge in [-0.1, -0.05) is 27.5 Å². The summed E-state index contributed by atoms with van der Waals surface area (Å²) in [6.45, 7) is 0. The van der Waals surface area contributed by atoms with Crippen molar-refractivity contribution in [1.29, 1.82) is 0 Å². The van der Waals surface area contributed by atoms with Crippen LogP contribution < -0.4 is 0 Å². The van der Waals surface area contributed by atoms with E-state index in [1.165, 1.54) is 5.56 Å². The third-order valence-electron chi connectivity index (χ3n) is 0.833. The molecule has 8 heavy (non-hydrogen) atoms. The lowest BCUT2D eigenvalue weighted by atomic mass is 10.4. The minimum absolute atomic E-state index is 0.856. The van der Waals surface area contributed by atoms with Crippen LogP contribution in [0.4, 0.5) is 0 Å². The molecule has 1 aromatic rings. The zero-order valence-electron chi connectivity index (χ0n) is 4.03. The molecule has 0 aliphatic carbocycles. The second-order valence-electron chi connectivity index (χ2n) is 1.38. The van der Waals surface area contributed by atoms with Crippen molar-refractivity contribution in [1.82, 2.24) is 0 Å². The molecule has 0 amide bonds. The van der Waals surface area contributed by atoms with E-state index < -0.39 is 0 Å². The normalized spacial score (nSPS) is 9.75. The fourth-order valence-corrected chi connectivity index (χ4v) is 2.30. The molecule has 0 aliphatic rings. The first-order valence-corrected chi connectivity index (χ1v) is 4.55. The first kappa shape index (κ1) is 6.59. The maximum Gasteiger partial charge on any atom is 0.0553 e. The highest BCUT2D eigenvalue weighted by Crippen LogP contribution is 2.22. The van der Waals surface area contributed by atoms with Gasteiger partial charge in [0.05, 0.1) is 5.02 Å². The maximum atomic E-state index is 5.72. The smallest absolute Gasteiger partial charge is 0.0553 e. The molecule has 0 atom stereocenters. The summed E-state index contributed by atoms with van der Waals surface area (Å²) in [4.78, 5) is 0. The van der Waals surface area contributed by atoms with Crippen LogP contribution in [0.2, 0.25) is 5.02 Å². The molecule has 3 heteroatoms. The monoisotopic (exact) mass is 210 g/mol. The van der Waals surface area contributed by atoms with E-state index in [0.717, 1.165) is 10.4 Å². The van der Waals surface area contributed by atoms with Gasteiger partial charge in [-0.3, -0.25) is 0 Å². The maximum absolute atomic E-state index is 5.72. The van der Waals surface area contributed by atoms with Gasteiger partial charge in [0.15, 0.2) is 0 Å². The Balaban J connectivity index is 2.92. The molecular weight excluding hydrogens is 207 g/mol. The Hall–Kier alpha value is 0.470. The Morgan fingerprint density at radius 3 is 2.62 bits per heavy atom. The molecule has 0 N–H and O–H groups in total. The van der Waals surface area contributed by atoms with E-state index in [1.807, 2.05) is 10.8 Å². The standard InChI is InChI=1S/C5H4BrClS/c6-1-4-2-8-3-5(4)7/h2-3H,1H2. The fourth-order valence-electron chi connectivity index (χ4n) is 0.403. The molecule has 0 radical (unpaired) electrons. The van der Waals surface area contributed by atoms with E-state index in [4.69, 9.17) is 11.6 Å². The third-order valence-corrected chi connectivity index (χ3v) is 2.71. The van der Waals surface area contributed by atoms with Crippen molar-refractivity contribution in [2.75, 3.05) is 0 Å². The SMILES string of the molecule is Clc1cscc1CBr. The quantitative estimate of drug-likeness (QED) is 0.625. The fraction of sp³-hybridized carbons (Fsp3) is 0.200. The van der Waals surface area contributed by atoms with Gasteiger partial charge >= 0.3 is 0 Å². The number of thiophene rings is 1. The minimum atomic E-state index is 0.856. The molecule has 44 valence electrons. The highest BCUT2D eigenvalue weighted by molar-refractivity contribution is 9.08. The van der Waals surface area contributed by atoms with Crippen molar-refractivity contribution in [2.24, 2.45) is 0 Å². The number of hydrogen-bond donors (Lipinski definition) is 0. The Labute approximate surface area is 65.6 Å². The van der Waals surface area contributed by atoms with Crippen LogP contribution in [0.25, 0.3) is 0 Å². The highest BCUT2D eigenvalue weighted by Gasteiger charge is 1.95. The van der Waals surface area contributed by atoms with Gasteiger partial charge in [0, 0.05) is 10.7 Å². The van der Waals surface area contributed by atoms with E-state index in [9.17, 15) is 0 Å². The second kappa shape index (κ2) is 2.85. The molecule has 0 nitrogen and oxygen atoms in total. The van der Waals surface area contributed by atoms with Crippen LogP contribution in [0, 0.1) is 0 Å². The Kier molecular flexibility index (Phi) is 2.35. The molecule has 0 aliphatic heterocycles. The summed E-state index contributed by atoms with van der Waals surface area (Å²) in [5, 5.41) is 5.69. The average molecular weight is 212 g/mol. The number of hydrogen-bond acceptors (Lipinski definition) is 1. The van der Waals surface area contributed by atoms with E-state index in [0.29, 0.717) is 0 Å². The van der Waals surface area contributed by atoms with Gasteiger partial charge in [-0.25, -0.2) is 0 Å². The molecule has 0 saturated heterocycles. The molecule has 1 rings (SSSR count). The van der Waals surface area contributed by atoms with E-state index in [1.54, 1.807) is 11.3 Å². The van der Waals surface area contributed by atoms with Gasteiger partial charge in [0.1, 0.15) is 0 Å². The molecule has 0 spiro atoms. The van der Waals surface area contributed by atoms with Crippen molar-refractivity contribution >= 4 is 38.9 Å². The summed E-state index contributed by atoms with van der Waals surface area (Å²) in [5.41, 5.74) is 1.18. The molecule has 0 fully saturated rings. The number of rotatable bonds is 1. The lowest BCUT2D eigenvalue weighted by Gasteiger charge is -1.84. The first-order chi connectivity index (χ1) is 3.84. The van der Waals surface area contributed by atoms with Crippen molar-refractivity contribution in [2.45, 2.75) is 5.33 Å². The van der Waals surface area contributed by atoms with Crippen LogP contribution in [0.3, 0.4) is 0 Å². The Bertz CT molecular complexity index is 173. The summed E-state index contributed by atoms with van der Waals surface area (Å²) >= 11 is 10.7. The van der Waals surface area contributed by atoms with Crippen molar-refractivity contribution in [3.63, 3.8) is 0 Å². The van der Waals surface area contributed by atoms with Crippen LogP contribution >= 0.6 is 38.9 Å². The highest BCUT2D eigenvalue weighted by atomic mass is 79.9. The van der Waals surface area contributed by atoms with Crippen LogP contribution in [-0.2, 0) is 5.33 Å². The summed E-state index contributed by atoms with van der Waals surface area (Å²) in [5.74, 6) is 0. The summed E-state index contributed by atoms with van der Waals surface area (Å²) in [6.07, 6.45) is 0. The Morgan fingerprint density at radius 2 is 2.38 bits per heavy atom.